The zero-order chi connectivity index (χ0) is 5.82. The lowest BCUT2D eigenvalue weighted by molar-refractivity contribution is 0.331. The highest BCUT2D eigenvalue weighted by Gasteiger charge is 2.12. The SMILES string of the molecule is CC#CC1CCSO1. The molecule has 0 spiro atoms. The van der Waals surface area contributed by atoms with Gasteiger partial charge in [-0.3, -0.25) is 4.18 Å². The van der Waals surface area contributed by atoms with Gasteiger partial charge >= 0.3 is 0 Å². The maximum absolute atomic E-state index is 5.14. The second-order valence-corrected chi connectivity index (χ2v) is 2.43. The average molecular weight is 128 g/mol. The highest BCUT2D eigenvalue weighted by atomic mass is 32.2. The van der Waals surface area contributed by atoms with Crippen molar-refractivity contribution in [1.29, 1.82) is 0 Å². The van der Waals surface area contributed by atoms with E-state index in [0.29, 0.717) is 0 Å². The van der Waals surface area contributed by atoms with Crippen LogP contribution < -0.4 is 0 Å². The van der Waals surface area contributed by atoms with Gasteiger partial charge in [-0.1, -0.05) is 5.92 Å². The second-order valence-electron chi connectivity index (χ2n) is 1.59. The van der Waals surface area contributed by atoms with Crippen LogP contribution in [0, 0.1) is 11.8 Å². The first kappa shape index (κ1) is 6.00. The van der Waals surface area contributed by atoms with Crippen LogP contribution in [0.25, 0.3) is 0 Å². The predicted molar refractivity (Wildman–Crippen MR) is 35.4 cm³/mol. The van der Waals surface area contributed by atoms with Crippen LogP contribution in [-0.4, -0.2) is 11.9 Å². The Balaban J connectivity index is 2.32. The molecule has 1 unspecified atom stereocenters. The lowest BCUT2D eigenvalue weighted by atomic mass is 10.3. The highest BCUT2D eigenvalue weighted by Crippen LogP contribution is 2.20. The van der Waals surface area contributed by atoms with Crippen molar-refractivity contribution in [2.45, 2.75) is 19.4 Å². The van der Waals surface area contributed by atoms with E-state index in [9.17, 15) is 0 Å². The molecule has 44 valence electrons. The van der Waals surface area contributed by atoms with E-state index in [4.69, 9.17) is 4.18 Å². The van der Waals surface area contributed by atoms with E-state index in [2.05, 4.69) is 11.8 Å². The first-order valence-electron chi connectivity index (χ1n) is 2.64. The monoisotopic (exact) mass is 128 g/mol. The lowest BCUT2D eigenvalue weighted by Gasteiger charge is -1.92. The zero-order valence-electron chi connectivity index (χ0n) is 4.81. The summed E-state index contributed by atoms with van der Waals surface area (Å²) < 4.78 is 5.14. The molecule has 0 aromatic rings. The van der Waals surface area contributed by atoms with Crippen LogP contribution in [0.4, 0.5) is 0 Å². The van der Waals surface area contributed by atoms with Crippen LogP contribution in [0.3, 0.4) is 0 Å². The van der Waals surface area contributed by atoms with Gasteiger partial charge in [0.1, 0.15) is 6.10 Å². The molecule has 1 atom stereocenters. The Bertz CT molecular complexity index is 116. The molecular weight excluding hydrogens is 120 g/mol. The molecule has 1 aliphatic heterocycles. The van der Waals surface area contributed by atoms with Crippen LogP contribution >= 0.6 is 12.0 Å². The Morgan fingerprint density at radius 3 is 3.12 bits per heavy atom. The molecular formula is C6H8OS. The smallest absolute Gasteiger partial charge is 0.133 e. The lowest BCUT2D eigenvalue weighted by Crippen LogP contribution is -1.97. The fourth-order valence-corrected chi connectivity index (χ4v) is 1.31. The molecule has 8 heavy (non-hydrogen) atoms. The van der Waals surface area contributed by atoms with Crippen molar-refractivity contribution in [2.75, 3.05) is 5.75 Å². The Morgan fingerprint density at radius 1 is 1.75 bits per heavy atom. The minimum atomic E-state index is 0.213. The molecule has 0 saturated carbocycles. The molecule has 0 bridgehead atoms. The third-order valence-electron chi connectivity index (χ3n) is 0.953. The summed E-state index contributed by atoms with van der Waals surface area (Å²) in [6, 6.07) is 0. The maximum Gasteiger partial charge on any atom is 0.133 e. The van der Waals surface area contributed by atoms with Crippen molar-refractivity contribution in [3.8, 4) is 11.8 Å². The van der Waals surface area contributed by atoms with E-state index in [-0.39, 0.29) is 6.10 Å². The number of hydrogen-bond donors (Lipinski definition) is 0. The zero-order valence-corrected chi connectivity index (χ0v) is 5.62. The highest BCUT2D eigenvalue weighted by molar-refractivity contribution is 7.94. The summed E-state index contributed by atoms with van der Waals surface area (Å²) in [5.41, 5.74) is 0. The van der Waals surface area contributed by atoms with Crippen molar-refractivity contribution in [3.05, 3.63) is 0 Å². The van der Waals surface area contributed by atoms with Crippen molar-refractivity contribution in [3.63, 3.8) is 0 Å². The molecule has 0 amide bonds. The fourth-order valence-electron chi connectivity index (χ4n) is 0.591. The molecule has 2 heteroatoms. The van der Waals surface area contributed by atoms with E-state index in [1.165, 1.54) is 12.0 Å². The van der Waals surface area contributed by atoms with Gasteiger partial charge in [0.25, 0.3) is 0 Å². The summed E-state index contributed by atoms with van der Waals surface area (Å²) in [5, 5.41) is 0. The quantitative estimate of drug-likeness (QED) is 0.360. The van der Waals surface area contributed by atoms with Crippen molar-refractivity contribution in [1.82, 2.24) is 0 Å². The third kappa shape index (κ3) is 1.43. The van der Waals surface area contributed by atoms with E-state index in [1.54, 1.807) is 0 Å². The summed E-state index contributed by atoms with van der Waals surface area (Å²) in [4.78, 5) is 0. The summed E-state index contributed by atoms with van der Waals surface area (Å²) >= 11 is 1.52. The van der Waals surface area contributed by atoms with E-state index in [0.717, 1.165) is 12.2 Å². The van der Waals surface area contributed by atoms with Gasteiger partial charge in [-0.25, -0.2) is 0 Å². The van der Waals surface area contributed by atoms with Gasteiger partial charge in [-0.15, -0.1) is 5.92 Å². The largest absolute Gasteiger partial charge is 0.299 e. The van der Waals surface area contributed by atoms with Crippen LogP contribution in [-0.2, 0) is 4.18 Å². The molecule has 1 saturated heterocycles. The van der Waals surface area contributed by atoms with Gasteiger partial charge in [0.15, 0.2) is 0 Å². The summed E-state index contributed by atoms with van der Waals surface area (Å²) in [6.45, 7) is 1.84. The van der Waals surface area contributed by atoms with Crippen LogP contribution in [0.1, 0.15) is 13.3 Å². The molecule has 0 radical (unpaired) electrons. The van der Waals surface area contributed by atoms with E-state index in [1.807, 2.05) is 6.92 Å². The molecule has 1 rings (SSSR count). The number of hydrogen-bond acceptors (Lipinski definition) is 2. The average Bonchev–Trinajstić information content (AvgIpc) is 2.19. The number of rotatable bonds is 0. The first-order valence-corrected chi connectivity index (χ1v) is 3.55. The third-order valence-corrected chi connectivity index (χ3v) is 1.72. The van der Waals surface area contributed by atoms with Gasteiger partial charge in [0.05, 0.1) is 0 Å². The molecule has 0 aromatic carbocycles. The Kier molecular flexibility index (Phi) is 2.26. The summed E-state index contributed by atoms with van der Waals surface area (Å²) in [6.07, 6.45) is 1.30. The van der Waals surface area contributed by atoms with Crippen LogP contribution in [0.2, 0.25) is 0 Å². The standard InChI is InChI=1S/C6H8OS/c1-2-3-6-4-5-8-7-6/h6H,4-5H2,1H3. The van der Waals surface area contributed by atoms with Gasteiger partial charge in [0.2, 0.25) is 0 Å². The van der Waals surface area contributed by atoms with E-state index >= 15 is 0 Å². The predicted octanol–water partition coefficient (Wildman–Crippen LogP) is 1.45. The maximum atomic E-state index is 5.14. The van der Waals surface area contributed by atoms with Crippen molar-refractivity contribution in [2.24, 2.45) is 0 Å². The van der Waals surface area contributed by atoms with Gasteiger partial charge in [0, 0.05) is 5.75 Å². The minimum Gasteiger partial charge on any atom is -0.299 e. The molecule has 1 heterocycles. The normalized spacial score (nSPS) is 26.9. The van der Waals surface area contributed by atoms with E-state index < -0.39 is 0 Å². The van der Waals surface area contributed by atoms with Crippen molar-refractivity contribution >= 4 is 12.0 Å². The fraction of sp³-hybridized carbons (Fsp3) is 0.667. The molecule has 1 nitrogen and oxygen atoms in total. The summed E-state index contributed by atoms with van der Waals surface area (Å²) in [7, 11) is 0. The minimum absolute atomic E-state index is 0.213. The summed E-state index contributed by atoms with van der Waals surface area (Å²) in [5.74, 6) is 6.87. The van der Waals surface area contributed by atoms with Crippen LogP contribution in [0.5, 0.6) is 0 Å². The van der Waals surface area contributed by atoms with Gasteiger partial charge < -0.3 is 0 Å². The Hall–Kier alpha value is -0.130. The van der Waals surface area contributed by atoms with Crippen LogP contribution in [0.15, 0.2) is 0 Å². The Labute approximate surface area is 54.0 Å². The topological polar surface area (TPSA) is 9.23 Å². The Morgan fingerprint density at radius 2 is 2.62 bits per heavy atom. The molecule has 1 fully saturated rings. The molecule has 0 aliphatic carbocycles. The van der Waals surface area contributed by atoms with Crippen molar-refractivity contribution < 1.29 is 4.18 Å². The molecule has 0 N–H and O–H groups in total. The second kappa shape index (κ2) is 3.01. The van der Waals surface area contributed by atoms with Gasteiger partial charge in [-0.2, -0.15) is 0 Å². The van der Waals surface area contributed by atoms with Gasteiger partial charge in [-0.05, 0) is 25.4 Å². The molecule has 0 aromatic heterocycles. The first-order chi connectivity index (χ1) is 3.93. The molecule has 1 aliphatic rings.